The molecule has 1 rings (SSSR count). The largest absolute Gasteiger partial charge is 0.288 e. The molecule has 2 N–H and O–H groups in total. The van der Waals surface area contributed by atoms with Gasteiger partial charge in [-0.3, -0.25) is 15.0 Å². The molecule has 0 aliphatic carbocycles. The third kappa shape index (κ3) is 2.29. The van der Waals surface area contributed by atoms with E-state index in [0.29, 0.717) is 5.56 Å². The Morgan fingerprint density at radius 3 is 2.43 bits per heavy atom. The van der Waals surface area contributed by atoms with E-state index < -0.39 is 5.91 Å². The van der Waals surface area contributed by atoms with Gasteiger partial charge in [0.15, 0.2) is 0 Å². The van der Waals surface area contributed by atoms with E-state index in [9.17, 15) is 4.79 Å². The third-order valence-electron chi connectivity index (χ3n) is 1.90. The minimum Gasteiger partial charge on any atom is -0.288 e. The third-order valence-corrected chi connectivity index (χ3v) is 1.90. The number of pyridine rings is 1. The molecule has 0 saturated carbocycles. The van der Waals surface area contributed by atoms with Crippen LogP contribution in [-0.4, -0.2) is 16.1 Å². The van der Waals surface area contributed by atoms with Gasteiger partial charge in [-0.05, 0) is 12.1 Å². The van der Waals surface area contributed by atoms with Crippen molar-refractivity contribution >= 4 is 5.91 Å². The molecular formula is C10H14N2O2. The molecule has 0 spiro atoms. The molecule has 0 unspecified atom stereocenters. The SMILES string of the molecule is CC(C)(C)c1ccc(C(=O)NO)cn1. The van der Waals surface area contributed by atoms with Crippen molar-refractivity contribution in [3.8, 4) is 0 Å². The molecule has 1 heterocycles. The number of aromatic nitrogens is 1. The molecule has 0 fully saturated rings. The summed E-state index contributed by atoms with van der Waals surface area (Å²) in [6.07, 6.45) is 1.45. The summed E-state index contributed by atoms with van der Waals surface area (Å²) in [6.45, 7) is 6.13. The molecule has 1 aromatic heterocycles. The summed E-state index contributed by atoms with van der Waals surface area (Å²) >= 11 is 0. The van der Waals surface area contributed by atoms with Crippen LogP contribution in [-0.2, 0) is 5.41 Å². The van der Waals surface area contributed by atoms with Crippen molar-refractivity contribution in [1.82, 2.24) is 10.5 Å². The summed E-state index contributed by atoms with van der Waals surface area (Å²) in [5.41, 5.74) is 2.78. The first-order chi connectivity index (χ1) is 6.45. The van der Waals surface area contributed by atoms with Gasteiger partial charge in [-0.1, -0.05) is 20.8 Å². The number of carbonyl (C=O) groups excluding carboxylic acids is 1. The highest BCUT2D eigenvalue weighted by atomic mass is 16.5. The van der Waals surface area contributed by atoms with Gasteiger partial charge in [0.05, 0.1) is 5.56 Å². The number of nitrogens with one attached hydrogen (secondary N) is 1. The van der Waals surface area contributed by atoms with E-state index >= 15 is 0 Å². The second-order valence-corrected chi connectivity index (χ2v) is 4.12. The molecule has 0 aliphatic rings. The summed E-state index contributed by atoms with van der Waals surface area (Å²) < 4.78 is 0. The molecule has 4 nitrogen and oxygen atoms in total. The van der Waals surface area contributed by atoms with Crippen LogP contribution >= 0.6 is 0 Å². The fourth-order valence-electron chi connectivity index (χ4n) is 1.04. The van der Waals surface area contributed by atoms with Gasteiger partial charge < -0.3 is 0 Å². The minimum absolute atomic E-state index is 0.0335. The van der Waals surface area contributed by atoms with E-state index in [4.69, 9.17) is 5.21 Å². The van der Waals surface area contributed by atoms with Crippen LogP contribution in [0.4, 0.5) is 0 Å². The molecule has 0 bridgehead atoms. The van der Waals surface area contributed by atoms with Gasteiger partial charge in [0.1, 0.15) is 0 Å². The number of carbonyl (C=O) groups is 1. The monoisotopic (exact) mass is 194 g/mol. The Morgan fingerprint density at radius 2 is 2.07 bits per heavy atom. The van der Waals surface area contributed by atoms with Crippen LogP contribution in [0.2, 0.25) is 0 Å². The number of hydrogen-bond donors (Lipinski definition) is 2. The van der Waals surface area contributed by atoms with Crippen molar-refractivity contribution in [3.63, 3.8) is 0 Å². The Bertz CT molecular complexity index is 325. The predicted molar refractivity (Wildman–Crippen MR) is 52.2 cm³/mol. The van der Waals surface area contributed by atoms with Crippen LogP contribution in [0.3, 0.4) is 0 Å². The summed E-state index contributed by atoms with van der Waals surface area (Å²) in [7, 11) is 0. The maximum Gasteiger partial charge on any atom is 0.276 e. The highest BCUT2D eigenvalue weighted by molar-refractivity contribution is 5.92. The average molecular weight is 194 g/mol. The molecule has 0 saturated heterocycles. The number of nitrogens with zero attached hydrogens (tertiary/aromatic N) is 1. The zero-order valence-electron chi connectivity index (χ0n) is 8.53. The summed E-state index contributed by atoms with van der Waals surface area (Å²) in [5.74, 6) is -0.544. The Balaban J connectivity index is 2.95. The summed E-state index contributed by atoms with van der Waals surface area (Å²) in [6, 6.07) is 3.42. The quantitative estimate of drug-likeness (QED) is 0.526. The van der Waals surface area contributed by atoms with Gasteiger partial charge in [0.2, 0.25) is 0 Å². The maximum absolute atomic E-state index is 11.0. The normalized spacial score (nSPS) is 11.1. The van der Waals surface area contributed by atoms with E-state index in [0.717, 1.165) is 5.69 Å². The molecule has 76 valence electrons. The molecule has 1 amide bonds. The molecule has 0 aromatic carbocycles. The zero-order chi connectivity index (χ0) is 10.8. The lowest BCUT2D eigenvalue weighted by molar-refractivity contribution is 0.0706. The first-order valence-electron chi connectivity index (χ1n) is 4.36. The van der Waals surface area contributed by atoms with E-state index in [1.807, 2.05) is 20.8 Å². The average Bonchev–Trinajstić information content (AvgIpc) is 2.15. The van der Waals surface area contributed by atoms with Gasteiger partial charge >= 0.3 is 0 Å². The van der Waals surface area contributed by atoms with E-state index in [2.05, 4.69) is 4.98 Å². The first-order valence-corrected chi connectivity index (χ1v) is 4.36. The van der Waals surface area contributed by atoms with Crippen LogP contribution in [0.15, 0.2) is 18.3 Å². The fraction of sp³-hybridized carbons (Fsp3) is 0.400. The van der Waals surface area contributed by atoms with Gasteiger partial charge in [-0.25, -0.2) is 5.48 Å². The number of hydroxylamine groups is 1. The Hall–Kier alpha value is -1.42. The van der Waals surface area contributed by atoms with Crippen molar-refractivity contribution in [2.24, 2.45) is 0 Å². The number of rotatable bonds is 1. The topological polar surface area (TPSA) is 62.2 Å². The smallest absolute Gasteiger partial charge is 0.276 e. The highest BCUT2D eigenvalue weighted by Crippen LogP contribution is 2.19. The highest BCUT2D eigenvalue weighted by Gasteiger charge is 2.15. The molecule has 0 aliphatic heterocycles. The maximum atomic E-state index is 11.0. The zero-order valence-corrected chi connectivity index (χ0v) is 8.53. The van der Waals surface area contributed by atoms with Crippen LogP contribution in [0.5, 0.6) is 0 Å². The lowest BCUT2D eigenvalue weighted by Gasteiger charge is -2.17. The van der Waals surface area contributed by atoms with Gasteiger partial charge in [-0.15, -0.1) is 0 Å². The Labute approximate surface area is 82.9 Å². The standard InChI is InChI=1S/C10H14N2O2/c1-10(2,3)8-5-4-7(6-11-8)9(13)12-14/h4-6,14H,1-3H3,(H,12,13). The molecule has 0 atom stereocenters. The molecule has 0 radical (unpaired) electrons. The van der Waals surface area contributed by atoms with Crippen LogP contribution in [0, 0.1) is 0 Å². The second kappa shape index (κ2) is 3.75. The van der Waals surface area contributed by atoms with Crippen molar-refractivity contribution in [3.05, 3.63) is 29.6 Å². The molecule has 4 heteroatoms. The Kier molecular flexibility index (Phi) is 2.86. The molecule has 14 heavy (non-hydrogen) atoms. The van der Waals surface area contributed by atoms with Crippen molar-refractivity contribution in [2.45, 2.75) is 26.2 Å². The fourth-order valence-corrected chi connectivity index (χ4v) is 1.04. The lowest BCUT2D eigenvalue weighted by Crippen LogP contribution is -2.20. The van der Waals surface area contributed by atoms with Gasteiger partial charge in [0.25, 0.3) is 5.91 Å². The van der Waals surface area contributed by atoms with Crippen molar-refractivity contribution in [1.29, 1.82) is 0 Å². The Morgan fingerprint density at radius 1 is 1.43 bits per heavy atom. The van der Waals surface area contributed by atoms with Gasteiger partial charge in [-0.2, -0.15) is 0 Å². The second-order valence-electron chi connectivity index (χ2n) is 4.12. The predicted octanol–water partition coefficient (Wildman–Crippen LogP) is 1.50. The van der Waals surface area contributed by atoms with Crippen molar-refractivity contribution < 1.29 is 10.0 Å². The first kappa shape index (κ1) is 10.7. The van der Waals surface area contributed by atoms with Crippen molar-refractivity contribution in [2.75, 3.05) is 0 Å². The number of hydrogen-bond acceptors (Lipinski definition) is 3. The molecular weight excluding hydrogens is 180 g/mol. The van der Waals surface area contributed by atoms with Gasteiger partial charge in [0, 0.05) is 17.3 Å². The summed E-state index contributed by atoms with van der Waals surface area (Å²) in [5, 5.41) is 8.39. The number of amides is 1. The van der Waals surface area contributed by atoms with Crippen LogP contribution < -0.4 is 5.48 Å². The lowest BCUT2D eigenvalue weighted by atomic mass is 9.91. The van der Waals surface area contributed by atoms with Crippen LogP contribution in [0.1, 0.15) is 36.8 Å². The minimum atomic E-state index is -0.544. The van der Waals surface area contributed by atoms with Crippen LogP contribution in [0.25, 0.3) is 0 Å². The molecule has 1 aromatic rings. The summed E-state index contributed by atoms with van der Waals surface area (Å²) in [4.78, 5) is 15.1. The van der Waals surface area contributed by atoms with E-state index in [1.165, 1.54) is 6.20 Å². The van der Waals surface area contributed by atoms with E-state index in [1.54, 1.807) is 17.6 Å². The van der Waals surface area contributed by atoms with E-state index in [-0.39, 0.29) is 5.41 Å².